The van der Waals surface area contributed by atoms with Crippen molar-refractivity contribution in [3.8, 4) is 11.3 Å². The molecule has 0 bridgehead atoms. The number of rotatable bonds is 6. The number of sulfonamides is 1. The average molecular weight is 636 g/mol. The van der Waals surface area contributed by atoms with Gasteiger partial charge in [0.05, 0.1) is 41.9 Å². The van der Waals surface area contributed by atoms with Crippen molar-refractivity contribution in [1.82, 2.24) is 15.3 Å². The fraction of sp³-hybridized carbons (Fsp3) is 0.208. The van der Waals surface area contributed by atoms with Crippen molar-refractivity contribution in [2.45, 2.75) is 31.0 Å². The highest BCUT2D eigenvalue weighted by atomic mass is 35.5. The number of carboxylic acid groups (broad SMARTS) is 1. The summed E-state index contributed by atoms with van der Waals surface area (Å²) in [6.45, 7) is 2.94. The van der Waals surface area contributed by atoms with E-state index >= 15 is 0 Å². The van der Waals surface area contributed by atoms with Crippen molar-refractivity contribution in [3.05, 3.63) is 70.6 Å². The van der Waals surface area contributed by atoms with E-state index in [2.05, 4.69) is 20.6 Å². The molecule has 1 aromatic heterocycles. The monoisotopic (exact) mass is 635 g/mol. The Bertz CT molecular complexity index is 1530. The molecule has 0 radical (unpaired) electrons. The number of carbonyl (C=O) groups is 3. The molecule has 220 valence electrons. The van der Waals surface area contributed by atoms with Gasteiger partial charge in [-0.1, -0.05) is 35.3 Å². The van der Waals surface area contributed by atoms with Gasteiger partial charge >= 0.3 is 28.1 Å². The standard InChI is InChI=1S/C22H21Cl2N5O4S.C2HF3O2/c1-13(17-8-9-18(21(24)20(17)23)19-12-25-10-11-26-19)27-22(31)28-15-4-6-16(7-5-15)34(32,33)29(3)14(2)30;3-2(4,5)1(6)7/h4-13H,1-3H3,(H2,27,28,31);(H,6,7)/t13-;/m0./s1. The average Bonchev–Trinajstić information content (AvgIpc) is 2.90. The second kappa shape index (κ2) is 13.7. The van der Waals surface area contributed by atoms with Crippen LogP contribution >= 0.6 is 23.2 Å². The Morgan fingerprint density at radius 3 is 2.10 bits per heavy atom. The summed E-state index contributed by atoms with van der Waals surface area (Å²) in [5.41, 5.74) is 2.16. The van der Waals surface area contributed by atoms with Crippen LogP contribution in [0.3, 0.4) is 0 Å². The number of amides is 3. The number of carbonyl (C=O) groups excluding carboxylic acids is 3. The van der Waals surface area contributed by atoms with E-state index in [1.807, 2.05) is 0 Å². The molecule has 11 nitrogen and oxygen atoms in total. The fourth-order valence-electron chi connectivity index (χ4n) is 3.06. The number of halogens is 5. The number of anilines is 1. The minimum atomic E-state index is -5.19. The number of nitrogens with one attached hydrogen (secondary N) is 3. The van der Waals surface area contributed by atoms with Gasteiger partial charge in [0.1, 0.15) is 10.9 Å². The largest absolute Gasteiger partial charge is 0.542 e. The van der Waals surface area contributed by atoms with Crippen molar-refractivity contribution in [3.63, 3.8) is 0 Å². The van der Waals surface area contributed by atoms with Gasteiger partial charge in [-0.2, -0.15) is 25.9 Å². The first-order valence-corrected chi connectivity index (χ1v) is 13.5. The molecule has 0 aliphatic carbocycles. The van der Waals surface area contributed by atoms with Crippen LogP contribution in [0.4, 0.5) is 23.7 Å². The fourth-order valence-corrected chi connectivity index (χ4v) is 4.88. The lowest BCUT2D eigenvalue weighted by Gasteiger charge is -2.18. The van der Waals surface area contributed by atoms with E-state index in [0.717, 1.165) is 0 Å². The van der Waals surface area contributed by atoms with E-state index in [1.54, 1.807) is 37.6 Å². The number of benzene rings is 2. The van der Waals surface area contributed by atoms with Crippen LogP contribution < -0.4 is 20.0 Å². The van der Waals surface area contributed by atoms with Gasteiger partial charge in [-0.15, -0.1) is 0 Å². The number of urea groups is 1. The SMILES string of the molecule is CC(=O)[NH+](C)S(=O)(=O)c1ccc(NC(=O)N[C@@H](C)c2ccc(-c3cnccn3)c(Cl)c2Cl)cc1.O=C([O-])C(F)(F)F. The number of carboxylic acids is 1. The van der Waals surface area contributed by atoms with Crippen molar-refractivity contribution >= 4 is 56.8 Å². The summed E-state index contributed by atoms with van der Waals surface area (Å²) in [5, 5.41) is 14.8. The summed E-state index contributed by atoms with van der Waals surface area (Å²) in [5.74, 6) is -3.54. The lowest BCUT2D eigenvalue weighted by Crippen LogP contribution is -3.13. The normalized spacial score (nSPS) is 12.8. The lowest BCUT2D eigenvalue weighted by molar-refractivity contribution is -0.654. The van der Waals surface area contributed by atoms with E-state index < -0.39 is 40.1 Å². The number of aromatic nitrogens is 2. The maximum Gasteiger partial charge on any atom is 0.430 e. The number of hydrogen-bond donors (Lipinski definition) is 3. The maximum absolute atomic E-state index is 12.5. The van der Waals surface area contributed by atoms with E-state index in [0.29, 0.717) is 27.5 Å². The van der Waals surface area contributed by atoms with Crippen LogP contribution in [0.5, 0.6) is 0 Å². The molecule has 0 saturated carbocycles. The molecule has 3 rings (SSSR count). The van der Waals surface area contributed by atoms with Crippen LogP contribution in [0.25, 0.3) is 11.3 Å². The van der Waals surface area contributed by atoms with Crippen LogP contribution in [0, 0.1) is 0 Å². The first-order chi connectivity index (χ1) is 19.0. The van der Waals surface area contributed by atoms with Crippen molar-refractivity contribution in [2.75, 3.05) is 12.4 Å². The summed E-state index contributed by atoms with van der Waals surface area (Å²) in [6.07, 6.45) is -0.523. The summed E-state index contributed by atoms with van der Waals surface area (Å²) < 4.78 is 56.1. The molecule has 0 saturated heterocycles. The third-order valence-electron chi connectivity index (χ3n) is 5.32. The smallest absolute Gasteiger partial charge is 0.430 e. The summed E-state index contributed by atoms with van der Waals surface area (Å²) >= 11 is 12.9. The van der Waals surface area contributed by atoms with Gasteiger partial charge in [0.25, 0.3) is 0 Å². The zero-order valence-electron chi connectivity index (χ0n) is 21.4. The van der Waals surface area contributed by atoms with Crippen LogP contribution in [0.15, 0.2) is 59.9 Å². The quantitative estimate of drug-likeness (QED) is 0.372. The highest BCUT2D eigenvalue weighted by molar-refractivity contribution is 7.85. The number of nitrogens with zero attached hydrogens (tertiary/aromatic N) is 2. The van der Waals surface area contributed by atoms with Crippen molar-refractivity contribution in [1.29, 1.82) is 0 Å². The van der Waals surface area contributed by atoms with Gasteiger partial charge in [-0.3, -0.25) is 9.97 Å². The summed E-state index contributed by atoms with van der Waals surface area (Å²) in [4.78, 5) is 40.9. The van der Waals surface area contributed by atoms with Gasteiger partial charge in [0, 0.05) is 23.6 Å². The molecule has 3 aromatic rings. The second-order valence-electron chi connectivity index (χ2n) is 8.17. The molecular weight excluding hydrogens is 614 g/mol. The van der Waals surface area contributed by atoms with Gasteiger partial charge in [0.2, 0.25) is 0 Å². The number of quaternary nitrogens is 1. The van der Waals surface area contributed by atoms with Gasteiger partial charge in [-0.25, -0.2) is 9.59 Å². The Balaban J connectivity index is 0.000000745. The molecule has 41 heavy (non-hydrogen) atoms. The molecule has 1 unspecified atom stereocenters. The molecule has 1 heterocycles. The molecular formula is C24H22Cl2F3N5O6S. The van der Waals surface area contributed by atoms with Crippen LogP contribution in [0.2, 0.25) is 10.0 Å². The molecule has 17 heteroatoms. The first-order valence-electron chi connectivity index (χ1n) is 11.3. The molecule has 0 aliphatic heterocycles. The molecule has 2 atom stereocenters. The zero-order chi connectivity index (χ0) is 31.1. The van der Waals surface area contributed by atoms with Crippen LogP contribution in [0.1, 0.15) is 25.5 Å². The molecule has 3 N–H and O–H groups in total. The predicted molar refractivity (Wildman–Crippen MR) is 140 cm³/mol. The Morgan fingerprint density at radius 2 is 1.61 bits per heavy atom. The Kier molecular flexibility index (Phi) is 11.2. The van der Waals surface area contributed by atoms with Crippen LogP contribution in [-0.4, -0.2) is 49.5 Å². The predicted octanol–water partition coefficient (Wildman–Crippen LogP) is 2.38. The number of hydrogen-bond acceptors (Lipinski definition) is 8. The topological polar surface area (TPSA) is 163 Å². The lowest BCUT2D eigenvalue weighted by atomic mass is 10.0. The number of aliphatic carboxylic acids is 1. The van der Waals surface area contributed by atoms with E-state index in [4.69, 9.17) is 33.1 Å². The second-order valence-corrected chi connectivity index (χ2v) is 11.0. The van der Waals surface area contributed by atoms with Crippen molar-refractivity contribution in [2.24, 2.45) is 0 Å². The maximum atomic E-state index is 12.5. The third-order valence-corrected chi connectivity index (χ3v) is 8.20. The van der Waals surface area contributed by atoms with E-state index in [1.165, 1.54) is 38.2 Å². The molecule has 2 aromatic carbocycles. The highest BCUT2D eigenvalue weighted by Crippen LogP contribution is 2.37. The van der Waals surface area contributed by atoms with E-state index in [9.17, 15) is 31.2 Å². The Labute approximate surface area is 242 Å². The minimum absolute atomic E-state index is 0.0378. The first kappa shape index (κ1) is 33.4. The molecule has 0 fully saturated rings. The molecule has 3 amide bonds. The summed E-state index contributed by atoms with van der Waals surface area (Å²) in [7, 11) is -2.61. The van der Waals surface area contributed by atoms with Crippen LogP contribution in [-0.2, 0) is 19.6 Å². The van der Waals surface area contributed by atoms with Crippen molar-refractivity contribution < 1.29 is 45.4 Å². The number of alkyl halides is 3. The molecule has 0 spiro atoms. The van der Waals surface area contributed by atoms with Gasteiger partial charge < -0.3 is 20.5 Å². The Morgan fingerprint density at radius 1 is 1.02 bits per heavy atom. The zero-order valence-corrected chi connectivity index (χ0v) is 23.7. The molecule has 0 aliphatic rings. The van der Waals surface area contributed by atoms with E-state index in [-0.39, 0.29) is 14.2 Å². The highest BCUT2D eigenvalue weighted by Gasteiger charge is 2.29. The Hall–Kier alpha value is -3.79. The van der Waals surface area contributed by atoms with Gasteiger partial charge in [0.15, 0.2) is 0 Å². The summed E-state index contributed by atoms with van der Waals surface area (Å²) in [6, 6.07) is 7.99. The van der Waals surface area contributed by atoms with Gasteiger partial charge in [-0.05, 0) is 36.8 Å². The third kappa shape index (κ3) is 8.85. The minimum Gasteiger partial charge on any atom is -0.542 e.